The van der Waals surface area contributed by atoms with E-state index in [4.69, 9.17) is 0 Å². The molecule has 0 radical (unpaired) electrons. The number of rotatable bonds is 5. The summed E-state index contributed by atoms with van der Waals surface area (Å²) in [6, 6.07) is 0. The molecule has 2 heterocycles. The first-order valence-corrected chi connectivity index (χ1v) is 7.78. The van der Waals surface area contributed by atoms with Crippen molar-refractivity contribution in [1.82, 2.24) is 15.0 Å². The van der Waals surface area contributed by atoms with E-state index in [1.807, 2.05) is 7.05 Å². The zero-order chi connectivity index (χ0) is 13.8. The maximum Gasteiger partial charge on any atom is 0.231 e. The van der Waals surface area contributed by atoms with E-state index in [1.54, 1.807) is 0 Å². The highest BCUT2D eigenvalue weighted by Gasteiger charge is 2.19. The fourth-order valence-electron chi connectivity index (χ4n) is 2.72. The molecule has 1 aromatic heterocycles. The Morgan fingerprint density at radius 3 is 2.40 bits per heavy atom. The first-order valence-electron chi connectivity index (χ1n) is 7.78. The largest absolute Gasteiger partial charge is 0.357 e. The molecule has 0 bridgehead atoms. The molecule has 1 aliphatic heterocycles. The fourth-order valence-corrected chi connectivity index (χ4v) is 2.72. The van der Waals surface area contributed by atoms with Gasteiger partial charge in [-0.3, -0.25) is 0 Å². The maximum absolute atomic E-state index is 4.59. The molecule has 1 aliphatic carbocycles. The lowest BCUT2D eigenvalue weighted by Gasteiger charge is -2.28. The van der Waals surface area contributed by atoms with Crippen LogP contribution in [0.4, 0.5) is 17.8 Å². The van der Waals surface area contributed by atoms with E-state index in [0.717, 1.165) is 31.5 Å². The molecule has 2 fully saturated rings. The van der Waals surface area contributed by atoms with Gasteiger partial charge in [-0.15, -0.1) is 0 Å². The summed E-state index contributed by atoms with van der Waals surface area (Å²) >= 11 is 0. The van der Waals surface area contributed by atoms with Gasteiger partial charge in [-0.2, -0.15) is 15.0 Å². The van der Waals surface area contributed by atoms with Crippen molar-refractivity contribution in [3.05, 3.63) is 0 Å². The van der Waals surface area contributed by atoms with E-state index in [2.05, 4.69) is 30.5 Å². The molecule has 6 heteroatoms. The highest BCUT2D eigenvalue weighted by atomic mass is 15.3. The van der Waals surface area contributed by atoms with E-state index in [9.17, 15) is 0 Å². The number of hydrogen-bond donors (Lipinski definition) is 2. The van der Waals surface area contributed by atoms with Gasteiger partial charge in [0, 0.05) is 26.7 Å². The van der Waals surface area contributed by atoms with Gasteiger partial charge in [0.15, 0.2) is 0 Å². The topological polar surface area (TPSA) is 66.0 Å². The SMILES string of the molecule is CNc1nc(NCC2CCC2)nc(N2CCCCC2)n1. The minimum atomic E-state index is 0.650. The fraction of sp³-hybridized carbons (Fsp3) is 0.786. The summed E-state index contributed by atoms with van der Waals surface area (Å²) in [5, 5.41) is 6.41. The Balaban J connectivity index is 1.71. The van der Waals surface area contributed by atoms with Crippen LogP contribution in [0.15, 0.2) is 0 Å². The zero-order valence-corrected chi connectivity index (χ0v) is 12.2. The number of hydrogen-bond acceptors (Lipinski definition) is 6. The van der Waals surface area contributed by atoms with E-state index < -0.39 is 0 Å². The second-order valence-corrected chi connectivity index (χ2v) is 5.76. The van der Waals surface area contributed by atoms with Crippen molar-refractivity contribution in [2.75, 3.05) is 42.2 Å². The smallest absolute Gasteiger partial charge is 0.231 e. The monoisotopic (exact) mass is 276 g/mol. The van der Waals surface area contributed by atoms with Crippen LogP contribution in [0, 0.1) is 5.92 Å². The van der Waals surface area contributed by atoms with Gasteiger partial charge < -0.3 is 15.5 Å². The molecule has 6 nitrogen and oxygen atoms in total. The first-order chi connectivity index (χ1) is 9.85. The Kier molecular flexibility index (Phi) is 4.18. The molecule has 20 heavy (non-hydrogen) atoms. The van der Waals surface area contributed by atoms with Gasteiger partial charge in [0.05, 0.1) is 0 Å². The van der Waals surface area contributed by atoms with E-state index in [0.29, 0.717) is 11.9 Å². The molecule has 0 amide bonds. The van der Waals surface area contributed by atoms with Crippen LogP contribution in [-0.2, 0) is 0 Å². The van der Waals surface area contributed by atoms with Crippen molar-refractivity contribution in [3.63, 3.8) is 0 Å². The number of nitrogens with one attached hydrogen (secondary N) is 2. The summed E-state index contributed by atoms with van der Waals surface area (Å²) < 4.78 is 0. The summed E-state index contributed by atoms with van der Waals surface area (Å²) in [6.07, 6.45) is 7.79. The number of piperidine rings is 1. The lowest BCUT2D eigenvalue weighted by Crippen LogP contribution is -2.31. The third-order valence-electron chi connectivity index (χ3n) is 4.26. The van der Waals surface area contributed by atoms with Gasteiger partial charge in [0.2, 0.25) is 17.8 Å². The van der Waals surface area contributed by atoms with Gasteiger partial charge >= 0.3 is 0 Å². The van der Waals surface area contributed by atoms with E-state index in [1.165, 1.54) is 38.5 Å². The average molecular weight is 276 g/mol. The summed E-state index contributed by atoms with van der Waals surface area (Å²) in [7, 11) is 1.85. The Morgan fingerprint density at radius 1 is 1.00 bits per heavy atom. The third kappa shape index (κ3) is 3.11. The van der Waals surface area contributed by atoms with Crippen molar-refractivity contribution >= 4 is 17.8 Å². The van der Waals surface area contributed by atoms with Gasteiger partial charge in [-0.25, -0.2) is 0 Å². The molecule has 0 aromatic carbocycles. The normalized spacial score (nSPS) is 19.6. The Labute approximate surface area is 120 Å². The van der Waals surface area contributed by atoms with Crippen molar-refractivity contribution in [2.45, 2.75) is 38.5 Å². The molecular weight excluding hydrogens is 252 g/mol. The molecule has 0 spiro atoms. The van der Waals surface area contributed by atoms with Crippen molar-refractivity contribution in [1.29, 1.82) is 0 Å². The lowest BCUT2D eigenvalue weighted by atomic mass is 9.85. The Bertz CT molecular complexity index is 439. The van der Waals surface area contributed by atoms with Crippen LogP contribution in [-0.4, -0.2) is 41.6 Å². The minimum Gasteiger partial charge on any atom is -0.357 e. The van der Waals surface area contributed by atoms with Crippen LogP contribution in [0.2, 0.25) is 0 Å². The number of nitrogens with zero attached hydrogens (tertiary/aromatic N) is 4. The lowest BCUT2D eigenvalue weighted by molar-refractivity contribution is 0.333. The third-order valence-corrected chi connectivity index (χ3v) is 4.26. The highest BCUT2D eigenvalue weighted by Crippen LogP contribution is 2.26. The molecule has 1 saturated heterocycles. The summed E-state index contributed by atoms with van der Waals surface area (Å²) in [5.74, 6) is 2.96. The predicted octanol–water partition coefficient (Wildman–Crippen LogP) is 2.12. The van der Waals surface area contributed by atoms with E-state index in [-0.39, 0.29) is 0 Å². The molecular formula is C14H24N6. The van der Waals surface area contributed by atoms with Crippen molar-refractivity contribution < 1.29 is 0 Å². The van der Waals surface area contributed by atoms with Gasteiger partial charge in [0.1, 0.15) is 0 Å². The molecule has 3 rings (SSSR count). The molecule has 1 saturated carbocycles. The zero-order valence-electron chi connectivity index (χ0n) is 12.2. The Morgan fingerprint density at radius 2 is 1.75 bits per heavy atom. The maximum atomic E-state index is 4.59. The van der Waals surface area contributed by atoms with Crippen molar-refractivity contribution in [2.24, 2.45) is 5.92 Å². The predicted molar refractivity (Wildman–Crippen MR) is 81.3 cm³/mol. The summed E-state index contributed by atoms with van der Waals surface area (Å²) in [4.78, 5) is 15.7. The molecule has 2 aliphatic rings. The highest BCUT2D eigenvalue weighted by molar-refractivity contribution is 5.43. The molecule has 0 atom stereocenters. The molecule has 110 valence electrons. The van der Waals surface area contributed by atoms with Gasteiger partial charge in [0.25, 0.3) is 0 Å². The quantitative estimate of drug-likeness (QED) is 0.858. The van der Waals surface area contributed by atoms with Gasteiger partial charge in [-0.1, -0.05) is 6.42 Å². The standard InChI is InChI=1S/C14H24N6/c1-15-12-17-13(16-10-11-6-5-7-11)19-14(18-12)20-8-3-2-4-9-20/h11H,2-10H2,1H3,(H2,15,16,17,18,19). The summed E-state index contributed by atoms with van der Waals surface area (Å²) in [6.45, 7) is 3.08. The minimum absolute atomic E-state index is 0.650. The number of aromatic nitrogens is 3. The molecule has 0 unspecified atom stereocenters. The number of anilines is 3. The molecule has 2 N–H and O–H groups in total. The van der Waals surface area contributed by atoms with Crippen LogP contribution in [0.1, 0.15) is 38.5 Å². The second-order valence-electron chi connectivity index (χ2n) is 5.76. The van der Waals surface area contributed by atoms with Crippen LogP contribution in [0.25, 0.3) is 0 Å². The van der Waals surface area contributed by atoms with Crippen LogP contribution < -0.4 is 15.5 Å². The van der Waals surface area contributed by atoms with Crippen LogP contribution in [0.5, 0.6) is 0 Å². The average Bonchev–Trinajstić information content (AvgIpc) is 2.46. The second kappa shape index (κ2) is 6.24. The molecule has 1 aromatic rings. The Hall–Kier alpha value is -1.59. The van der Waals surface area contributed by atoms with E-state index >= 15 is 0 Å². The summed E-state index contributed by atoms with van der Waals surface area (Å²) in [5.41, 5.74) is 0. The van der Waals surface area contributed by atoms with Gasteiger partial charge in [-0.05, 0) is 38.0 Å². The van der Waals surface area contributed by atoms with Crippen molar-refractivity contribution in [3.8, 4) is 0 Å². The first kappa shape index (κ1) is 13.4. The van der Waals surface area contributed by atoms with Crippen LogP contribution in [0.3, 0.4) is 0 Å². The van der Waals surface area contributed by atoms with Crippen LogP contribution >= 0.6 is 0 Å².